The molecule has 0 radical (unpaired) electrons. The van der Waals surface area contributed by atoms with E-state index in [9.17, 15) is 18.0 Å². The van der Waals surface area contributed by atoms with Crippen LogP contribution in [0.4, 0.5) is 13.2 Å². The number of halogens is 5. The zero-order valence-corrected chi connectivity index (χ0v) is 9.73. The monoisotopic (exact) mass is 286 g/mol. The third kappa shape index (κ3) is 4.66. The smallest absolute Gasteiger partial charge is 0.417 e. The van der Waals surface area contributed by atoms with Crippen molar-refractivity contribution in [1.29, 1.82) is 0 Å². The minimum Gasteiger partial charge on any atom is -0.478 e. The Kier molecular flexibility index (Phi) is 5.51. The van der Waals surface area contributed by atoms with Gasteiger partial charge in [-0.25, -0.2) is 4.79 Å². The normalized spacial score (nSPS) is 11.3. The first-order valence-corrected chi connectivity index (χ1v) is 4.46. The highest BCUT2D eigenvalue weighted by Crippen LogP contribution is 2.35. The predicted octanol–water partition coefficient (Wildman–Crippen LogP) is 3.88. The topological polar surface area (TPSA) is 37.3 Å². The van der Waals surface area contributed by atoms with Gasteiger partial charge in [0.25, 0.3) is 0 Å². The molecule has 1 rings (SSSR count). The Morgan fingerprint density at radius 3 is 2.41 bits per heavy atom. The molecule has 0 saturated carbocycles. The zero-order chi connectivity index (χ0) is 12.3. The van der Waals surface area contributed by atoms with E-state index < -0.39 is 22.7 Å². The Morgan fingerprint density at radius 2 is 1.94 bits per heavy atom. The molecule has 0 amide bonds. The van der Waals surface area contributed by atoms with Gasteiger partial charge in [-0.2, -0.15) is 13.2 Å². The van der Waals surface area contributed by atoms with Crippen molar-refractivity contribution in [2.75, 3.05) is 0 Å². The highest BCUT2D eigenvalue weighted by Gasteiger charge is 2.33. The summed E-state index contributed by atoms with van der Waals surface area (Å²) in [6.07, 6.45) is -2.73. The van der Waals surface area contributed by atoms with Gasteiger partial charge in [-0.15, -0.1) is 12.4 Å². The Morgan fingerprint density at radius 1 is 1.35 bits per heavy atom. The standard InChI is InChI=1S/C10H6ClF3O2.ClH/c11-8-3-1-6(2-4-9(15)16)5-7(8)10(12,13)14;/h1-5H,(H,15,16);1H. The summed E-state index contributed by atoms with van der Waals surface area (Å²) in [6, 6.07) is 3.17. The number of benzene rings is 1. The predicted molar refractivity (Wildman–Crippen MR) is 60.4 cm³/mol. The molecule has 0 heterocycles. The van der Waals surface area contributed by atoms with Gasteiger partial charge in [-0.1, -0.05) is 17.7 Å². The Bertz CT molecular complexity index is 442. The van der Waals surface area contributed by atoms with Crippen LogP contribution in [0.2, 0.25) is 5.02 Å². The summed E-state index contributed by atoms with van der Waals surface area (Å²) in [7, 11) is 0. The molecule has 1 aromatic rings. The van der Waals surface area contributed by atoms with E-state index in [2.05, 4.69) is 0 Å². The molecular weight excluding hydrogens is 280 g/mol. The van der Waals surface area contributed by atoms with Crippen molar-refractivity contribution >= 4 is 36.1 Å². The third-order valence-corrected chi connectivity index (χ3v) is 2.04. The number of carboxylic acid groups (broad SMARTS) is 1. The molecule has 17 heavy (non-hydrogen) atoms. The SMILES string of the molecule is Cl.O=C(O)C=Cc1ccc(Cl)c(C(F)(F)F)c1. The molecular formula is C10H7Cl2F3O2. The van der Waals surface area contributed by atoms with E-state index in [1.54, 1.807) is 0 Å². The first-order chi connectivity index (χ1) is 7.30. The lowest BCUT2D eigenvalue weighted by Gasteiger charge is -2.09. The molecule has 1 aromatic carbocycles. The van der Waals surface area contributed by atoms with Crippen LogP contribution in [0.25, 0.3) is 6.08 Å². The molecule has 0 spiro atoms. The van der Waals surface area contributed by atoms with Crippen LogP contribution in [0.15, 0.2) is 24.3 Å². The summed E-state index contributed by atoms with van der Waals surface area (Å²) in [4.78, 5) is 10.2. The van der Waals surface area contributed by atoms with Gasteiger partial charge in [0.1, 0.15) is 0 Å². The maximum Gasteiger partial charge on any atom is 0.417 e. The minimum atomic E-state index is -4.55. The number of aliphatic carboxylic acids is 1. The van der Waals surface area contributed by atoms with Crippen molar-refractivity contribution < 1.29 is 23.1 Å². The van der Waals surface area contributed by atoms with E-state index in [1.807, 2.05) is 0 Å². The number of carboxylic acids is 1. The lowest BCUT2D eigenvalue weighted by molar-refractivity contribution is -0.137. The molecule has 0 atom stereocenters. The van der Waals surface area contributed by atoms with Gasteiger partial charge in [0.15, 0.2) is 0 Å². The van der Waals surface area contributed by atoms with E-state index in [-0.39, 0.29) is 18.0 Å². The summed E-state index contributed by atoms with van der Waals surface area (Å²) < 4.78 is 37.2. The largest absolute Gasteiger partial charge is 0.478 e. The molecule has 0 aliphatic heterocycles. The first-order valence-electron chi connectivity index (χ1n) is 4.08. The van der Waals surface area contributed by atoms with Gasteiger partial charge in [0.2, 0.25) is 0 Å². The Hall–Kier alpha value is -1.20. The summed E-state index contributed by atoms with van der Waals surface area (Å²) in [5, 5.41) is 7.91. The number of carbonyl (C=O) groups is 1. The molecule has 0 bridgehead atoms. The second kappa shape index (κ2) is 5.93. The molecule has 0 fully saturated rings. The summed E-state index contributed by atoms with van der Waals surface area (Å²) in [6.45, 7) is 0. The molecule has 0 aliphatic carbocycles. The Labute approximate surface area is 106 Å². The van der Waals surface area contributed by atoms with Gasteiger partial charge in [-0.05, 0) is 23.8 Å². The van der Waals surface area contributed by atoms with Gasteiger partial charge in [0, 0.05) is 6.08 Å². The maximum atomic E-state index is 12.4. The third-order valence-electron chi connectivity index (χ3n) is 1.71. The summed E-state index contributed by atoms with van der Waals surface area (Å²) in [5.41, 5.74) is -0.860. The van der Waals surface area contributed by atoms with Crippen molar-refractivity contribution in [3.63, 3.8) is 0 Å². The molecule has 0 aromatic heterocycles. The number of rotatable bonds is 2. The van der Waals surface area contributed by atoms with Crippen molar-refractivity contribution in [1.82, 2.24) is 0 Å². The van der Waals surface area contributed by atoms with Crippen LogP contribution in [-0.4, -0.2) is 11.1 Å². The molecule has 2 nitrogen and oxygen atoms in total. The molecule has 1 N–H and O–H groups in total. The number of hydrogen-bond acceptors (Lipinski definition) is 1. The van der Waals surface area contributed by atoms with E-state index in [0.717, 1.165) is 24.3 Å². The van der Waals surface area contributed by atoms with Crippen molar-refractivity contribution in [3.8, 4) is 0 Å². The number of hydrogen-bond donors (Lipinski definition) is 1. The van der Waals surface area contributed by atoms with Crippen LogP contribution in [0.3, 0.4) is 0 Å². The van der Waals surface area contributed by atoms with Crippen molar-refractivity contribution in [2.45, 2.75) is 6.18 Å². The van der Waals surface area contributed by atoms with E-state index in [0.29, 0.717) is 0 Å². The lowest BCUT2D eigenvalue weighted by Crippen LogP contribution is -2.05. The second-order valence-corrected chi connectivity index (χ2v) is 3.32. The highest BCUT2D eigenvalue weighted by molar-refractivity contribution is 6.31. The summed E-state index contributed by atoms with van der Waals surface area (Å²) >= 11 is 5.38. The van der Waals surface area contributed by atoms with Crippen molar-refractivity contribution in [2.24, 2.45) is 0 Å². The second-order valence-electron chi connectivity index (χ2n) is 2.91. The molecule has 7 heteroatoms. The fraction of sp³-hybridized carbons (Fsp3) is 0.100. The van der Waals surface area contributed by atoms with E-state index in [1.165, 1.54) is 6.07 Å². The average Bonchev–Trinajstić information content (AvgIpc) is 2.14. The highest BCUT2D eigenvalue weighted by atomic mass is 35.5. The van der Waals surface area contributed by atoms with Gasteiger partial charge >= 0.3 is 12.1 Å². The zero-order valence-electron chi connectivity index (χ0n) is 8.16. The summed E-state index contributed by atoms with van der Waals surface area (Å²) in [5.74, 6) is -1.23. The van der Waals surface area contributed by atoms with Crippen LogP contribution in [-0.2, 0) is 11.0 Å². The van der Waals surface area contributed by atoms with Crippen LogP contribution in [0.1, 0.15) is 11.1 Å². The van der Waals surface area contributed by atoms with Crippen LogP contribution in [0.5, 0.6) is 0 Å². The van der Waals surface area contributed by atoms with Gasteiger partial charge in [-0.3, -0.25) is 0 Å². The van der Waals surface area contributed by atoms with Crippen LogP contribution >= 0.6 is 24.0 Å². The fourth-order valence-corrected chi connectivity index (χ4v) is 1.26. The minimum absolute atomic E-state index is 0. The van der Waals surface area contributed by atoms with Crippen LogP contribution in [0, 0.1) is 0 Å². The average molecular weight is 287 g/mol. The number of alkyl halides is 3. The molecule has 0 aliphatic rings. The molecule has 0 unspecified atom stereocenters. The molecule has 0 saturated heterocycles. The van der Waals surface area contributed by atoms with Gasteiger partial charge < -0.3 is 5.11 Å². The maximum absolute atomic E-state index is 12.4. The van der Waals surface area contributed by atoms with E-state index in [4.69, 9.17) is 16.7 Å². The van der Waals surface area contributed by atoms with Crippen molar-refractivity contribution in [3.05, 3.63) is 40.4 Å². The van der Waals surface area contributed by atoms with Crippen LogP contribution < -0.4 is 0 Å². The fourth-order valence-electron chi connectivity index (χ4n) is 1.03. The van der Waals surface area contributed by atoms with E-state index >= 15 is 0 Å². The first kappa shape index (κ1) is 15.8. The quantitative estimate of drug-likeness (QED) is 0.838. The molecule has 94 valence electrons. The van der Waals surface area contributed by atoms with Gasteiger partial charge in [0.05, 0.1) is 10.6 Å². The lowest BCUT2D eigenvalue weighted by atomic mass is 10.1. The Balaban J connectivity index is 0.00000256.